The van der Waals surface area contributed by atoms with Gasteiger partial charge in [0.05, 0.1) is 0 Å². The molecule has 3 aromatic rings. The zero-order valence-corrected chi connectivity index (χ0v) is 16.3. The van der Waals surface area contributed by atoms with Crippen molar-refractivity contribution >= 4 is 6.03 Å². The van der Waals surface area contributed by atoms with Crippen molar-refractivity contribution in [2.45, 2.75) is 26.9 Å². The van der Waals surface area contributed by atoms with Crippen molar-refractivity contribution in [3.63, 3.8) is 0 Å². The highest BCUT2D eigenvalue weighted by Gasteiger charge is 2.31. The van der Waals surface area contributed by atoms with Crippen molar-refractivity contribution in [3.05, 3.63) is 71.8 Å². The van der Waals surface area contributed by atoms with E-state index < -0.39 is 0 Å². The molecule has 1 N–H and O–H groups in total. The third kappa shape index (κ3) is 3.91. The molecule has 1 aliphatic rings. The summed E-state index contributed by atoms with van der Waals surface area (Å²) < 4.78 is 2.24. The lowest BCUT2D eigenvalue weighted by atomic mass is 10.0. The van der Waals surface area contributed by atoms with E-state index in [1.54, 1.807) is 12.4 Å². The van der Waals surface area contributed by atoms with Gasteiger partial charge >= 0.3 is 6.03 Å². The first-order valence-electron chi connectivity index (χ1n) is 9.61. The Morgan fingerprint density at radius 3 is 2.54 bits per heavy atom. The minimum absolute atomic E-state index is 0.00790. The second kappa shape index (κ2) is 7.84. The van der Waals surface area contributed by atoms with Crippen LogP contribution in [-0.2, 0) is 13.1 Å². The number of pyridine rings is 1. The lowest BCUT2D eigenvalue weighted by Crippen LogP contribution is -2.54. The van der Waals surface area contributed by atoms with Gasteiger partial charge in [0, 0.05) is 61.9 Å². The zero-order valence-electron chi connectivity index (χ0n) is 16.3. The maximum atomic E-state index is 12.4. The number of imidazole rings is 1. The van der Waals surface area contributed by atoms with Crippen LogP contribution in [0.1, 0.15) is 16.8 Å². The van der Waals surface area contributed by atoms with Crippen LogP contribution in [0.5, 0.6) is 0 Å². The predicted octanol–water partition coefficient (Wildman–Crippen LogP) is 3.40. The third-order valence-electron chi connectivity index (χ3n) is 5.24. The number of urea groups is 1. The molecule has 0 radical (unpaired) electrons. The second-order valence-electron chi connectivity index (χ2n) is 7.48. The lowest BCUT2D eigenvalue weighted by molar-refractivity contribution is 0.110. The van der Waals surface area contributed by atoms with Crippen LogP contribution in [0, 0.1) is 19.8 Å². The van der Waals surface area contributed by atoms with E-state index in [9.17, 15) is 4.79 Å². The number of aromatic nitrogens is 3. The number of nitrogens with one attached hydrogen (secondary N) is 1. The van der Waals surface area contributed by atoms with Gasteiger partial charge in [0.15, 0.2) is 0 Å². The molecule has 1 aromatic carbocycles. The molecule has 6 heteroatoms. The van der Waals surface area contributed by atoms with Crippen molar-refractivity contribution in [1.29, 1.82) is 0 Å². The van der Waals surface area contributed by atoms with Crippen molar-refractivity contribution < 1.29 is 4.79 Å². The number of amides is 2. The van der Waals surface area contributed by atoms with E-state index in [1.807, 2.05) is 23.2 Å². The number of carbonyl (C=O) groups is 1. The van der Waals surface area contributed by atoms with E-state index in [4.69, 9.17) is 0 Å². The summed E-state index contributed by atoms with van der Waals surface area (Å²) in [5, 5.41) is 3.01. The third-order valence-corrected chi connectivity index (χ3v) is 5.24. The van der Waals surface area contributed by atoms with Gasteiger partial charge in [-0.15, -0.1) is 0 Å². The quantitative estimate of drug-likeness (QED) is 0.743. The Morgan fingerprint density at radius 1 is 1.11 bits per heavy atom. The highest BCUT2D eigenvalue weighted by atomic mass is 16.2. The van der Waals surface area contributed by atoms with Crippen LogP contribution in [0.4, 0.5) is 4.79 Å². The summed E-state index contributed by atoms with van der Waals surface area (Å²) in [7, 11) is 0. The van der Waals surface area contributed by atoms with E-state index in [0.717, 1.165) is 42.3 Å². The summed E-state index contributed by atoms with van der Waals surface area (Å²) >= 11 is 0. The fourth-order valence-electron chi connectivity index (χ4n) is 3.53. The molecule has 0 saturated carbocycles. The first kappa shape index (κ1) is 18.2. The molecule has 1 aliphatic heterocycles. The minimum atomic E-state index is 0.00790. The number of benzene rings is 1. The van der Waals surface area contributed by atoms with Gasteiger partial charge in [0.1, 0.15) is 5.82 Å². The van der Waals surface area contributed by atoms with E-state index in [-0.39, 0.29) is 6.03 Å². The summed E-state index contributed by atoms with van der Waals surface area (Å²) in [5.74, 6) is 1.40. The van der Waals surface area contributed by atoms with Crippen molar-refractivity contribution in [1.82, 2.24) is 24.8 Å². The van der Waals surface area contributed by atoms with Gasteiger partial charge in [0.2, 0.25) is 0 Å². The van der Waals surface area contributed by atoms with E-state index in [2.05, 4.69) is 58.0 Å². The summed E-state index contributed by atoms with van der Waals surface area (Å²) in [6, 6.07) is 12.2. The summed E-state index contributed by atoms with van der Waals surface area (Å²) in [6.07, 6.45) is 5.47. The first-order chi connectivity index (χ1) is 13.6. The Balaban J connectivity index is 1.31. The van der Waals surface area contributed by atoms with Gasteiger partial charge in [-0.2, -0.15) is 0 Å². The Morgan fingerprint density at radius 2 is 1.82 bits per heavy atom. The first-order valence-corrected chi connectivity index (χ1v) is 9.61. The average molecular weight is 375 g/mol. The monoisotopic (exact) mass is 375 g/mol. The van der Waals surface area contributed by atoms with Gasteiger partial charge in [-0.05, 0) is 31.5 Å². The van der Waals surface area contributed by atoms with Gasteiger partial charge in [-0.3, -0.25) is 4.98 Å². The largest absolute Gasteiger partial charge is 0.334 e. The molecule has 144 valence electrons. The SMILES string of the molecule is Cc1ccc(CNC(=O)N2CC(Cn3c(C)cnc3-c3ccncc3)C2)cc1. The Labute approximate surface area is 165 Å². The maximum absolute atomic E-state index is 12.4. The smallest absolute Gasteiger partial charge is 0.317 e. The van der Waals surface area contributed by atoms with Crippen LogP contribution in [0.25, 0.3) is 11.4 Å². The fourth-order valence-corrected chi connectivity index (χ4v) is 3.53. The van der Waals surface area contributed by atoms with E-state index in [1.165, 1.54) is 5.56 Å². The maximum Gasteiger partial charge on any atom is 0.317 e. The molecule has 2 amide bonds. The molecular formula is C22H25N5O. The number of rotatable bonds is 5. The minimum Gasteiger partial charge on any atom is -0.334 e. The molecule has 0 unspecified atom stereocenters. The Bertz CT molecular complexity index is 943. The zero-order chi connectivity index (χ0) is 19.5. The molecule has 1 fully saturated rings. The van der Waals surface area contributed by atoms with Crippen LogP contribution >= 0.6 is 0 Å². The molecule has 0 bridgehead atoms. The standard InChI is InChI=1S/C22H25N5O/c1-16-3-5-18(6-4-16)12-25-22(28)26-13-19(14-26)15-27-17(2)11-24-21(27)20-7-9-23-10-8-20/h3-11,19H,12-15H2,1-2H3,(H,25,28). The molecule has 1 saturated heterocycles. The molecule has 0 aliphatic carbocycles. The molecule has 3 heterocycles. The van der Waals surface area contributed by atoms with E-state index in [0.29, 0.717) is 12.5 Å². The highest BCUT2D eigenvalue weighted by Crippen LogP contribution is 2.24. The molecular weight excluding hydrogens is 350 g/mol. The van der Waals surface area contributed by atoms with Crippen LogP contribution in [-0.4, -0.2) is 38.6 Å². The average Bonchev–Trinajstić information content (AvgIpc) is 3.04. The number of carbonyl (C=O) groups excluding carboxylic acids is 1. The Kier molecular flexibility index (Phi) is 5.10. The number of nitrogens with zero attached hydrogens (tertiary/aromatic N) is 4. The predicted molar refractivity (Wildman–Crippen MR) is 109 cm³/mol. The van der Waals surface area contributed by atoms with Crippen LogP contribution in [0.2, 0.25) is 0 Å². The number of hydrogen-bond donors (Lipinski definition) is 1. The van der Waals surface area contributed by atoms with Gasteiger partial charge in [0.25, 0.3) is 0 Å². The number of hydrogen-bond acceptors (Lipinski definition) is 3. The Hall–Kier alpha value is -3.15. The highest BCUT2D eigenvalue weighted by molar-refractivity contribution is 5.75. The van der Waals surface area contributed by atoms with E-state index >= 15 is 0 Å². The summed E-state index contributed by atoms with van der Waals surface area (Å²) in [4.78, 5) is 22.9. The summed E-state index contributed by atoms with van der Waals surface area (Å²) in [6.45, 7) is 7.10. The normalized spacial score (nSPS) is 14.0. The van der Waals surface area contributed by atoms with Gasteiger partial charge in [-0.1, -0.05) is 29.8 Å². The lowest BCUT2D eigenvalue weighted by Gasteiger charge is -2.39. The van der Waals surface area contributed by atoms with Crippen LogP contribution in [0.15, 0.2) is 55.0 Å². The topological polar surface area (TPSA) is 63.1 Å². The molecule has 2 aromatic heterocycles. The van der Waals surface area contributed by atoms with Crippen LogP contribution < -0.4 is 5.32 Å². The molecule has 0 spiro atoms. The molecule has 6 nitrogen and oxygen atoms in total. The van der Waals surface area contributed by atoms with Crippen LogP contribution in [0.3, 0.4) is 0 Å². The van der Waals surface area contributed by atoms with Crippen molar-refractivity contribution in [3.8, 4) is 11.4 Å². The summed E-state index contributed by atoms with van der Waals surface area (Å²) in [5.41, 5.74) is 4.54. The second-order valence-corrected chi connectivity index (χ2v) is 7.48. The van der Waals surface area contributed by atoms with Crippen molar-refractivity contribution in [2.24, 2.45) is 5.92 Å². The van der Waals surface area contributed by atoms with Gasteiger partial charge < -0.3 is 14.8 Å². The number of likely N-dealkylation sites (tertiary alicyclic amines) is 1. The molecule has 28 heavy (non-hydrogen) atoms. The fraction of sp³-hybridized carbons (Fsp3) is 0.318. The molecule has 0 atom stereocenters. The van der Waals surface area contributed by atoms with Crippen molar-refractivity contribution in [2.75, 3.05) is 13.1 Å². The number of aryl methyl sites for hydroxylation is 2. The molecule has 4 rings (SSSR count). The van der Waals surface area contributed by atoms with Gasteiger partial charge in [-0.25, -0.2) is 9.78 Å².